The van der Waals surface area contributed by atoms with Crippen LogP contribution in [0.1, 0.15) is 12.5 Å². The van der Waals surface area contributed by atoms with E-state index in [1.165, 1.54) is 0 Å². The first-order valence-corrected chi connectivity index (χ1v) is 3.82. The molecule has 0 amide bonds. The number of hydroxylamine groups is 1. The molecule has 0 spiro atoms. The number of nitrogens with one attached hydrogen (secondary N) is 1. The molecule has 2 rings (SSSR count). The normalized spacial score (nSPS) is 27.1. The Morgan fingerprint density at radius 3 is 3.08 bits per heavy atom. The van der Waals surface area contributed by atoms with Gasteiger partial charge in [-0.1, -0.05) is 6.07 Å². The zero-order valence-corrected chi connectivity index (χ0v) is 6.82. The van der Waals surface area contributed by atoms with Crippen molar-refractivity contribution in [2.75, 3.05) is 0 Å². The summed E-state index contributed by atoms with van der Waals surface area (Å²) < 4.78 is 0. The van der Waals surface area contributed by atoms with Crippen LogP contribution in [0, 0.1) is 0 Å². The molecule has 2 heterocycles. The van der Waals surface area contributed by atoms with Crippen molar-refractivity contribution in [3.63, 3.8) is 0 Å². The summed E-state index contributed by atoms with van der Waals surface area (Å²) in [6.07, 6.45) is 7.19. The van der Waals surface area contributed by atoms with Crippen LogP contribution < -0.4 is 5.48 Å². The molecule has 12 heavy (non-hydrogen) atoms. The van der Waals surface area contributed by atoms with E-state index in [2.05, 4.69) is 10.5 Å². The third-order valence-corrected chi connectivity index (χ3v) is 2.00. The molecular formula is C9H10N2O. The summed E-state index contributed by atoms with van der Waals surface area (Å²) in [7, 11) is 0. The van der Waals surface area contributed by atoms with E-state index in [1.54, 1.807) is 12.5 Å². The Bertz CT molecular complexity index is 297. The molecule has 1 N–H and O–H groups in total. The average molecular weight is 162 g/mol. The lowest BCUT2D eigenvalue weighted by atomic mass is 9.95. The highest BCUT2D eigenvalue weighted by Gasteiger charge is 2.27. The topological polar surface area (TPSA) is 34.1 Å². The SMILES string of the molecule is CC1(c2cccnc2)C=CON1. The molecule has 1 aromatic rings. The lowest BCUT2D eigenvalue weighted by Crippen LogP contribution is -2.32. The molecule has 0 bridgehead atoms. The van der Waals surface area contributed by atoms with Crippen LogP contribution in [0.25, 0.3) is 0 Å². The molecule has 0 aromatic carbocycles. The maximum Gasteiger partial charge on any atom is 0.109 e. The molecule has 1 unspecified atom stereocenters. The zero-order chi connectivity index (χ0) is 8.44. The van der Waals surface area contributed by atoms with Crippen LogP contribution in [0.2, 0.25) is 0 Å². The Hall–Kier alpha value is -1.35. The van der Waals surface area contributed by atoms with Crippen molar-refractivity contribution < 1.29 is 4.84 Å². The Morgan fingerprint density at radius 2 is 2.50 bits per heavy atom. The van der Waals surface area contributed by atoms with Gasteiger partial charge in [0, 0.05) is 12.4 Å². The largest absolute Gasteiger partial charge is 0.416 e. The molecule has 3 heteroatoms. The fourth-order valence-corrected chi connectivity index (χ4v) is 1.19. The first kappa shape index (κ1) is 7.31. The predicted molar refractivity (Wildman–Crippen MR) is 44.9 cm³/mol. The number of hydrogen-bond acceptors (Lipinski definition) is 3. The molecule has 3 nitrogen and oxygen atoms in total. The number of hydrogen-bond donors (Lipinski definition) is 1. The van der Waals surface area contributed by atoms with Gasteiger partial charge < -0.3 is 4.84 Å². The maximum atomic E-state index is 4.96. The number of rotatable bonds is 1. The van der Waals surface area contributed by atoms with Gasteiger partial charge in [0.1, 0.15) is 6.26 Å². The second-order valence-electron chi connectivity index (χ2n) is 2.97. The van der Waals surface area contributed by atoms with Crippen molar-refractivity contribution in [2.45, 2.75) is 12.5 Å². The quantitative estimate of drug-likeness (QED) is 0.676. The van der Waals surface area contributed by atoms with E-state index in [0.717, 1.165) is 5.56 Å². The molecule has 0 saturated heterocycles. The monoisotopic (exact) mass is 162 g/mol. The minimum atomic E-state index is -0.228. The Morgan fingerprint density at radius 1 is 1.58 bits per heavy atom. The van der Waals surface area contributed by atoms with Gasteiger partial charge in [-0.05, 0) is 24.6 Å². The zero-order valence-electron chi connectivity index (χ0n) is 6.82. The Labute approximate surface area is 71.0 Å². The van der Waals surface area contributed by atoms with Crippen molar-refractivity contribution in [3.05, 3.63) is 42.4 Å². The van der Waals surface area contributed by atoms with E-state index >= 15 is 0 Å². The van der Waals surface area contributed by atoms with Gasteiger partial charge in [-0.3, -0.25) is 4.98 Å². The fourth-order valence-electron chi connectivity index (χ4n) is 1.19. The molecule has 1 aliphatic rings. The fraction of sp³-hybridized carbons (Fsp3) is 0.222. The van der Waals surface area contributed by atoms with Crippen LogP contribution >= 0.6 is 0 Å². The van der Waals surface area contributed by atoms with Gasteiger partial charge in [0.2, 0.25) is 0 Å². The third kappa shape index (κ3) is 1.08. The number of aromatic nitrogens is 1. The van der Waals surface area contributed by atoms with Crippen molar-refractivity contribution >= 4 is 0 Å². The molecule has 1 aromatic heterocycles. The minimum absolute atomic E-state index is 0.228. The molecule has 1 aliphatic heterocycles. The molecule has 1 atom stereocenters. The van der Waals surface area contributed by atoms with Gasteiger partial charge >= 0.3 is 0 Å². The van der Waals surface area contributed by atoms with Gasteiger partial charge in [-0.2, -0.15) is 0 Å². The lowest BCUT2D eigenvalue weighted by molar-refractivity contribution is 0.105. The summed E-state index contributed by atoms with van der Waals surface area (Å²) in [5, 5.41) is 0. The first-order valence-electron chi connectivity index (χ1n) is 3.82. The molecule has 62 valence electrons. The smallest absolute Gasteiger partial charge is 0.109 e. The molecular weight excluding hydrogens is 152 g/mol. The molecule has 0 saturated carbocycles. The van der Waals surface area contributed by atoms with Crippen molar-refractivity contribution in [2.24, 2.45) is 0 Å². The first-order chi connectivity index (χ1) is 5.81. The van der Waals surface area contributed by atoms with E-state index in [1.807, 2.05) is 31.3 Å². The van der Waals surface area contributed by atoms with E-state index in [0.29, 0.717) is 0 Å². The van der Waals surface area contributed by atoms with Crippen molar-refractivity contribution in [1.82, 2.24) is 10.5 Å². The maximum absolute atomic E-state index is 4.96. The predicted octanol–water partition coefficient (Wildman–Crippen LogP) is 1.35. The number of pyridine rings is 1. The van der Waals surface area contributed by atoms with Crippen LogP contribution in [-0.2, 0) is 10.4 Å². The third-order valence-electron chi connectivity index (χ3n) is 2.00. The Kier molecular flexibility index (Phi) is 1.59. The highest BCUT2D eigenvalue weighted by molar-refractivity contribution is 5.26. The summed E-state index contributed by atoms with van der Waals surface area (Å²) in [6.45, 7) is 2.04. The van der Waals surface area contributed by atoms with Gasteiger partial charge in [0.25, 0.3) is 0 Å². The van der Waals surface area contributed by atoms with Crippen LogP contribution in [0.5, 0.6) is 0 Å². The Balaban J connectivity index is 2.36. The van der Waals surface area contributed by atoms with Crippen LogP contribution in [0.15, 0.2) is 36.9 Å². The molecule has 0 aliphatic carbocycles. The van der Waals surface area contributed by atoms with E-state index in [4.69, 9.17) is 4.84 Å². The summed E-state index contributed by atoms with van der Waals surface area (Å²) in [6, 6.07) is 3.92. The summed E-state index contributed by atoms with van der Waals surface area (Å²) >= 11 is 0. The highest BCUT2D eigenvalue weighted by atomic mass is 16.6. The van der Waals surface area contributed by atoms with E-state index in [-0.39, 0.29) is 5.54 Å². The van der Waals surface area contributed by atoms with Crippen molar-refractivity contribution in [3.8, 4) is 0 Å². The highest BCUT2D eigenvalue weighted by Crippen LogP contribution is 2.24. The average Bonchev–Trinajstić information content (AvgIpc) is 2.55. The molecule has 0 fully saturated rings. The molecule has 0 radical (unpaired) electrons. The van der Waals surface area contributed by atoms with E-state index < -0.39 is 0 Å². The van der Waals surface area contributed by atoms with Crippen LogP contribution in [-0.4, -0.2) is 4.98 Å². The minimum Gasteiger partial charge on any atom is -0.416 e. The van der Waals surface area contributed by atoms with E-state index in [9.17, 15) is 0 Å². The lowest BCUT2D eigenvalue weighted by Gasteiger charge is -2.20. The van der Waals surface area contributed by atoms with Crippen molar-refractivity contribution in [1.29, 1.82) is 0 Å². The van der Waals surface area contributed by atoms with Gasteiger partial charge in [-0.15, -0.1) is 5.48 Å². The van der Waals surface area contributed by atoms with Gasteiger partial charge in [-0.25, -0.2) is 0 Å². The second kappa shape index (κ2) is 2.60. The van der Waals surface area contributed by atoms with Crippen LogP contribution in [0.4, 0.5) is 0 Å². The van der Waals surface area contributed by atoms with Gasteiger partial charge in [0.15, 0.2) is 0 Å². The summed E-state index contributed by atoms with van der Waals surface area (Å²) in [5.74, 6) is 0. The standard InChI is InChI=1S/C9H10N2O/c1-9(4-6-12-11-9)8-3-2-5-10-7-8/h2-7,11H,1H3. The summed E-state index contributed by atoms with van der Waals surface area (Å²) in [5.41, 5.74) is 3.77. The number of nitrogens with zero attached hydrogens (tertiary/aromatic N) is 1. The van der Waals surface area contributed by atoms with Crippen LogP contribution in [0.3, 0.4) is 0 Å². The summed E-state index contributed by atoms with van der Waals surface area (Å²) in [4.78, 5) is 9.00. The second-order valence-corrected chi connectivity index (χ2v) is 2.97. The van der Waals surface area contributed by atoms with Gasteiger partial charge in [0.05, 0.1) is 5.54 Å².